The highest BCUT2D eigenvalue weighted by atomic mass is 16.2. The van der Waals surface area contributed by atoms with E-state index in [1.165, 1.54) is 0 Å². The summed E-state index contributed by atoms with van der Waals surface area (Å²) in [6, 6.07) is 7.39. The number of aromatic nitrogens is 2. The Morgan fingerprint density at radius 3 is 3.04 bits per heavy atom. The third-order valence-electron chi connectivity index (χ3n) is 4.55. The van der Waals surface area contributed by atoms with Crippen LogP contribution in [0.4, 0.5) is 0 Å². The summed E-state index contributed by atoms with van der Waals surface area (Å²) in [6.45, 7) is 3.11. The lowest BCUT2D eigenvalue weighted by atomic mass is 9.89. The molecule has 0 aliphatic heterocycles. The molecule has 1 aromatic heterocycles. The Kier molecular flexibility index (Phi) is 5.48. The first kappa shape index (κ1) is 17.2. The molecule has 2 amide bonds. The van der Waals surface area contributed by atoms with E-state index in [0.29, 0.717) is 25.1 Å². The SMILES string of the molecule is CCCNC(=O)c1cccc(CNC(=O)C2CCc3nc[nH]c3C2)c1. The number of amides is 2. The van der Waals surface area contributed by atoms with Crippen LogP contribution in [0.15, 0.2) is 30.6 Å². The second kappa shape index (κ2) is 7.96. The lowest BCUT2D eigenvalue weighted by molar-refractivity contribution is -0.125. The van der Waals surface area contributed by atoms with Crippen molar-refractivity contribution in [1.82, 2.24) is 20.6 Å². The van der Waals surface area contributed by atoms with Crippen LogP contribution in [0.5, 0.6) is 0 Å². The average Bonchev–Trinajstić information content (AvgIpc) is 3.12. The molecule has 2 aromatic rings. The van der Waals surface area contributed by atoms with Gasteiger partial charge in [0.05, 0.1) is 12.0 Å². The molecule has 0 saturated carbocycles. The summed E-state index contributed by atoms with van der Waals surface area (Å²) in [5, 5.41) is 5.86. The summed E-state index contributed by atoms with van der Waals surface area (Å²) in [4.78, 5) is 31.8. The van der Waals surface area contributed by atoms with E-state index in [2.05, 4.69) is 20.6 Å². The molecule has 1 heterocycles. The van der Waals surface area contributed by atoms with Gasteiger partial charge in [-0.25, -0.2) is 4.98 Å². The molecular weight excluding hydrogens is 316 g/mol. The third-order valence-corrected chi connectivity index (χ3v) is 4.55. The molecule has 6 nitrogen and oxygen atoms in total. The van der Waals surface area contributed by atoms with Crippen molar-refractivity contribution < 1.29 is 9.59 Å². The van der Waals surface area contributed by atoms with E-state index in [0.717, 1.165) is 36.2 Å². The Balaban J connectivity index is 1.55. The van der Waals surface area contributed by atoms with Crippen LogP contribution in [0.25, 0.3) is 0 Å². The summed E-state index contributed by atoms with van der Waals surface area (Å²) in [6.07, 6.45) is 4.97. The summed E-state index contributed by atoms with van der Waals surface area (Å²) in [5.74, 6) is -0.0424. The van der Waals surface area contributed by atoms with Gasteiger partial charge in [-0.05, 0) is 37.0 Å². The van der Waals surface area contributed by atoms with Gasteiger partial charge in [0.1, 0.15) is 0 Å². The van der Waals surface area contributed by atoms with E-state index >= 15 is 0 Å². The zero-order valence-corrected chi connectivity index (χ0v) is 14.5. The zero-order chi connectivity index (χ0) is 17.6. The molecule has 132 valence electrons. The van der Waals surface area contributed by atoms with Gasteiger partial charge in [0.25, 0.3) is 5.91 Å². The first-order chi connectivity index (χ1) is 12.2. The number of nitrogens with one attached hydrogen (secondary N) is 3. The van der Waals surface area contributed by atoms with Crippen molar-refractivity contribution in [3.05, 3.63) is 53.1 Å². The molecule has 1 aromatic carbocycles. The van der Waals surface area contributed by atoms with E-state index in [4.69, 9.17) is 0 Å². The van der Waals surface area contributed by atoms with Crippen LogP contribution in [-0.2, 0) is 24.2 Å². The lowest BCUT2D eigenvalue weighted by Crippen LogP contribution is -2.33. The molecule has 0 radical (unpaired) electrons. The molecule has 6 heteroatoms. The van der Waals surface area contributed by atoms with Crippen molar-refractivity contribution in [1.29, 1.82) is 0 Å². The minimum Gasteiger partial charge on any atom is -0.352 e. The fourth-order valence-corrected chi connectivity index (χ4v) is 3.12. The molecule has 1 atom stereocenters. The number of aromatic amines is 1. The summed E-state index contributed by atoms with van der Waals surface area (Å²) >= 11 is 0. The van der Waals surface area contributed by atoms with Gasteiger partial charge in [0, 0.05) is 36.7 Å². The van der Waals surface area contributed by atoms with Crippen molar-refractivity contribution in [2.75, 3.05) is 6.54 Å². The van der Waals surface area contributed by atoms with Crippen molar-refractivity contribution in [2.45, 2.75) is 39.2 Å². The molecule has 1 unspecified atom stereocenters. The number of rotatable bonds is 6. The Morgan fingerprint density at radius 1 is 1.32 bits per heavy atom. The molecule has 1 aliphatic carbocycles. The van der Waals surface area contributed by atoms with Crippen LogP contribution in [0.2, 0.25) is 0 Å². The zero-order valence-electron chi connectivity index (χ0n) is 14.5. The van der Waals surface area contributed by atoms with Crippen LogP contribution >= 0.6 is 0 Å². The van der Waals surface area contributed by atoms with Crippen LogP contribution in [0.3, 0.4) is 0 Å². The second-order valence-corrected chi connectivity index (χ2v) is 6.44. The number of aryl methyl sites for hydroxylation is 1. The number of imidazole rings is 1. The standard InChI is InChI=1S/C19H24N4O2/c1-2-8-20-18(24)14-5-3-4-13(9-14)11-21-19(25)15-6-7-16-17(10-15)23-12-22-16/h3-5,9,12,15H,2,6-8,10-11H2,1H3,(H,20,24)(H,21,25)(H,22,23). The highest BCUT2D eigenvalue weighted by Gasteiger charge is 2.25. The van der Waals surface area contributed by atoms with Crippen LogP contribution in [0, 0.1) is 5.92 Å². The highest BCUT2D eigenvalue weighted by Crippen LogP contribution is 2.23. The van der Waals surface area contributed by atoms with Crippen molar-refractivity contribution in [3.8, 4) is 0 Å². The number of H-pyrrole nitrogens is 1. The van der Waals surface area contributed by atoms with E-state index in [1.54, 1.807) is 12.4 Å². The first-order valence-electron chi connectivity index (χ1n) is 8.83. The summed E-state index contributed by atoms with van der Waals surface area (Å²) in [7, 11) is 0. The van der Waals surface area contributed by atoms with Gasteiger partial charge < -0.3 is 15.6 Å². The van der Waals surface area contributed by atoms with Gasteiger partial charge in [-0.3, -0.25) is 9.59 Å². The largest absolute Gasteiger partial charge is 0.352 e. The molecule has 0 bridgehead atoms. The molecule has 0 fully saturated rings. The first-order valence-corrected chi connectivity index (χ1v) is 8.83. The van der Waals surface area contributed by atoms with Crippen LogP contribution < -0.4 is 10.6 Å². The molecule has 25 heavy (non-hydrogen) atoms. The number of benzene rings is 1. The maximum absolute atomic E-state index is 12.4. The van der Waals surface area contributed by atoms with E-state index in [1.807, 2.05) is 25.1 Å². The number of carbonyl (C=O) groups is 2. The predicted octanol–water partition coefficient (Wildman–Crippen LogP) is 1.97. The minimum atomic E-state index is -0.0749. The maximum atomic E-state index is 12.4. The average molecular weight is 340 g/mol. The van der Waals surface area contributed by atoms with Crippen LogP contribution in [-0.4, -0.2) is 28.3 Å². The summed E-state index contributed by atoms with van der Waals surface area (Å²) < 4.78 is 0. The van der Waals surface area contributed by atoms with Gasteiger partial charge >= 0.3 is 0 Å². The number of hydrogen-bond acceptors (Lipinski definition) is 3. The Bertz CT molecular complexity index is 753. The minimum absolute atomic E-state index is 0.0241. The monoisotopic (exact) mass is 340 g/mol. The van der Waals surface area contributed by atoms with Gasteiger partial charge in [0.2, 0.25) is 5.91 Å². The van der Waals surface area contributed by atoms with E-state index in [-0.39, 0.29) is 17.7 Å². The molecule has 0 saturated heterocycles. The summed E-state index contributed by atoms with van der Waals surface area (Å²) in [5.41, 5.74) is 3.70. The lowest BCUT2D eigenvalue weighted by Gasteiger charge is -2.20. The van der Waals surface area contributed by atoms with E-state index in [9.17, 15) is 9.59 Å². The Morgan fingerprint density at radius 2 is 2.20 bits per heavy atom. The Labute approximate surface area is 147 Å². The molecule has 3 N–H and O–H groups in total. The third kappa shape index (κ3) is 4.26. The topological polar surface area (TPSA) is 86.9 Å². The van der Waals surface area contributed by atoms with Crippen molar-refractivity contribution in [2.24, 2.45) is 5.92 Å². The fourth-order valence-electron chi connectivity index (χ4n) is 3.12. The Hall–Kier alpha value is -2.63. The number of fused-ring (bicyclic) bond motifs is 1. The van der Waals surface area contributed by atoms with Crippen molar-refractivity contribution >= 4 is 11.8 Å². The fraction of sp³-hybridized carbons (Fsp3) is 0.421. The predicted molar refractivity (Wildman–Crippen MR) is 95.0 cm³/mol. The van der Waals surface area contributed by atoms with Gasteiger partial charge in [-0.15, -0.1) is 0 Å². The molecule has 3 rings (SSSR count). The normalized spacial score (nSPS) is 16.1. The van der Waals surface area contributed by atoms with Gasteiger partial charge in [0.15, 0.2) is 0 Å². The second-order valence-electron chi connectivity index (χ2n) is 6.44. The number of carbonyl (C=O) groups excluding carboxylic acids is 2. The maximum Gasteiger partial charge on any atom is 0.251 e. The smallest absolute Gasteiger partial charge is 0.251 e. The quantitative estimate of drug-likeness (QED) is 0.751. The number of nitrogens with zero attached hydrogens (tertiary/aromatic N) is 1. The number of hydrogen-bond donors (Lipinski definition) is 3. The van der Waals surface area contributed by atoms with Gasteiger partial charge in [-0.1, -0.05) is 19.1 Å². The molecule has 1 aliphatic rings. The van der Waals surface area contributed by atoms with Crippen LogP contribution in [0.1, 0.15) is 47.1 Å². The van der Waals surface area contributed by atoms with Crippen molar-refractivity contribution in [3.63, 3.8) is 0 Å². The molecule has 0 spiro atoms. The highest BCUT2D eigenvalue weighted by molar-refractivity contribution is 5.94. The van der Waals surface area contributed by atoms with E-state index < -0.39 is 0 Å². The molecular formula is C19H24N4O2. The van der Waals surface area contributed by atoms with Gasteiger partial charge in [-0.2, -0.15) is 0 Å².